The molecule has 3 aliphatic rings. The molecule has 0 radical (unpaired) electrons. The average Bonchev–Trinajstić information content (AvgIpc) is 2.74. The smallest absolute Gasteiger partial charge is 0.0572 e. The van der Waals surface area contributed by atoms with Crippen LogP contribution in [0.1, 0.15) is 123 Å². The summed E-state index contributed by atoms with van der Waals surface area (Å²) in [5.74, 6) is 5.07. The fraction of sp³-hybridized carbons (Fsp3) is 1.00. The van der Waals surface area contributed by atoms with Gasteiger partial charge >= 0.3 is 0 Å². The van der Waals surface area contributed by atoms with Gasteiger partial charge in [0.05, 0.1) is 12.7 Å². The van der Waals surface area contributed by atoms with E-state index in [0.717, 1.165) is 36.2 Å². The quantitative estimate of drug-likeness (QED) is 0.369. The molecule has 2 atom stereocenters. The molecule has 0 aromatic carbocycles. The Balaban J connectivity index is 1.25. The highest BCUT2D eigenvalue weighted by Gasteiger charge is 2.31. The molecule has 3 rings (SSSR count). The van der Waals surface area contributed by atoms with Crippen molar-refractivity contribution >= 4 is 0 Å². The molecule has 27 heavy (non-hydrogen) atoms. The first kappa shape index (κ1) is 21.7. The molecular formula is C26H48O. The van der Waals surface area contributed by atoms with E-state index in [-0.39, 0.29) is 0 Å². The molecule has 0 aromatic heterocycles. The first-order chi connectivity index (χ1) is 13.3. The zero-order valence-corrected chi connectivity index (χ0v) is 18.6. The van der Waals surface area contributed by atoms with Gasteiger partial charge in [-0.25, -0.2) is 0 Å². The zero-order chi connectivity index (χ0) is 18.9. The summed E-state index contributed by atoms with van der Waals surface area (Å²) >= 11 is 0. The van der Waals surface area contributed by atoms with Crippen molar-refractivity contribution in [2.45, 2.75) is 129 Å². The minimum Gasteiger partial charge on any atom is -0.378 e. The summed E-state index contributed by atoms with van der Waals surface area (Å²) in [4.78, 5) is 0. The van der Waals surface area contributed by atoms with Gasteiger partial charge in [0.1, 0.15) is 0 Å². The van der Waals surface area contributed by atoms with E-state index in [4.69, 9.17) is 4.74 Å². The molecule has 0 spiro atoms. The molecule has 158 valence electrons. The van der Waals surface area contributed by atoms with Gasteiger partial charge in [-0.2, -0.15) is 0 Å². The first-order valence-electron chi connectivity index (χ1n) is 12.9. The fourth-order valence-electron chi connectivity index (χ4n) is 6.43. The van der Waals surface area contributed by atoms with Crippen molar-refractivity contribution in [1.29, 1.82) is 0 Å². The topological polar surface area (TPSA) is 9.23 Å². The van der Waals surface area contributed by atoms with Crippen molar-refractivity contribution in [3.8, 4) is 0 Å². The average molecular weight is 377 g/mol. The normalized spacial score (nSPS) is 38.0. The van der Waals surface area contributed by atoms with Gasteiger partial charge in [0.25, 0.3) is 0 Å². The summed E-state index contributed by atoms with van der Waals surface area (Å²) in [6.07, 6.45) is 25.7. The Bertz CT molecular complexity index is 368. The van der Waals surface area contributed by atoms with Crippen LogP contribution in [-0.4, -0.2) is 12.7 Å². The Morgan fingerprint density at radius 1 is 0.593 bits per heavy atom. The summed E-state index contributed by atoms with van der Waals surface area (Å²) in [6.45, 7) is 5.67. The summed E-state index contributed by atoms with van der Waals surface area (Å²) in [7, 11) is 0. The van der Waals surface area contributed by atoms with Crippen LogP contribution in [0.4, 0.5) is 0 Å². The number of ether oxygens (including phenoxy) is 1. The lowest BCUT2D eigenvalue weighted by Gasteiger charge is -2.38. The second-order valence-corrected chi connectivity index (χ2v) is 10.4. The number of unbranched alkanes of at least 4 members (excludes halogenated alkanes) is 2. The van der Waals surface area contributed by atoms with Crippen LogP contribution in [0, 0.1) is 29.6 Å². The van der Waals surface area contributed by atoms with Crippen LogP contribution in [0.3, 0.4) is 0 Å². The fourth-order valence-corrected chi connectivity index (χ4v) is 6.43. The molecule has 2 aliphatic carbocycles. The summed E-state index contributed by atoms with van der Waals surface area (Å²) in [5, 5.41) is 0. The van der Waals surface area contributed by atoms with Crippen molar-refractivity contribution in [3.05, 3.63) is 0 Å². The van der Waals surface area contributed by atoms with Gasteiger partial charge in [-0.05, 0) is 61.7 Å². The van der Waals surface area contributed by atoms with Crippen molar-refractivity contribution in [2.75, 3.05) is 6.61 Å². The van der Waals surface area contributed by atoms with E-state index < -0.39 is 0 Å². The lowest BCUT2D eigenvalue weighted by atomic mass is 9.71. The van der Waals surface area contributed by atoms with E-state index in [0.29, 0.717) is 6.10 Å². The molecule has 1 aliphatic heterocycles. The molecule has 0 aromatic rings. The summed E-state index contributed by atoms with van der Waals surface area (Å²) in [6, 6.07) is 0. The van der Waals surface area contributed by atoms with E-state index >= 15 is 0 Å². The predicted octanol–water partition coefficient (Wildman–Crippen LogP) is 8.16. The Hall–Kier alpha value is -0.0400. The largest absolute Gasteiger partial charge is 0.378 e. The van der Waals surface area contributed by atoms with Gasteiger partial charge in [0.15, 0.2) is 0 Å². The van der Waals surface area contributed by atoms with Crippen molar-refractivity contribution in [1.82, 2.24) is 0 Å². The van der Waals surface area contributed by atoms with E-state index in [9.17, 15) is 0 Å². The third-order valence-corrected chi connectivity index (χ3v) is 8.58. The van der Waals surface area contributed by atoms with Crippen LogP contribution in [0.25, 0.3) is 0 Å². The predicted molar refractivity (Wildman–Crippen MR) is 117 cm³/mol. The molecule has 1 nitrogen and oxygen atoms in total. The van der Waals surface area contributed by atoms with Gasteiger partial charge < -0.3 is 4.74 Å². The molecule has 1 heterocycles. The van der Waals surface area contributed by atoms with E-state index in [1.807, 2.05) is 0 Å². The maximum Gasteiger partial charge on any atom is 0.0572 e. The molecule has 0 bridgehead atoms. The third-order valence-electron chi connectivity index (χ3n) is 8.58. The van der Waals surface area contributed by atoms with E-state index in [1.54, 1.807) is 32.1 Å². The maximum atomic E-state index is 6.09. The number of hydrogen-bond acceptors (Lipinski definition) is 1. The van der Waals surface area contributed by atoms with Crippen molar-refractivity contribution in [2.24, 2.45) is 29.6 Å². The van der Waals surface area contributed by atoms with Crippen molar-refractivity contribution < 1.29 is 4.74 Å². The Morgan fingerprint density at radius 3 is 1.67 bits per heavy atom. The molecule has 0 N–H and O–H groups in total. The minimum absolute atomic E-state index is 0.569. The lowest BCUT2D eigenvalue weighted by Crippen LogP contribution is -2.32. The molecule has 2 saturated carbocycles. The van der Waals surface area contributed by atoms with Crippen molar-refractivity contribution in [3.63, 3.8) is 0 Å². The van der Waals surface area contributed by atoms with Crippen LogP contribution in [0.5, 0.6) is 0 Å². The monoisotopic (exact) mass is 376 g/mol. The molecule has 3 fully saturated rings. The third kappa shape index (κ3) is 7.06. The van der Waals surface area contributed by atoms with Gasteiger partial charge in [-0.15, -0.1) is 0 Å². The van der Waals surface area contributed by atoms with Gasteiger partial charge in [0.2, 0.25) is 0 Å². The van der Waals surface area contributed by atoms with E-state index in [2.05, 4.69) is 13.8 Å². The first-order valence-corrected chi connectivity index (χ1v) is 12.9. The second-order valence-electron chi connectivity index (χ2n) is 10.4. The minimum atomic E-state index is 0.569. The molecule has 0 amide bonds. The zero-order valence-electron chi connectivity index (χ0n) is 18.6. The van der Waals surface area contributed by atoms with E-state index in [1.165, 1.54) is 77.0 Å². The number of hydrogen-bond donors (Lipinski definition) is 0. The highest BCUT2D eigenvalue weighted by molar-refractivity contribution is 4.82. The van der Waals surface area contributed by atoms with Crippen LogP contribution in [0.15, 0.2) is 0 Å². The molecule has 1 saturated heterocycles. The molecular weight excluding hydrogens is 328 g/mol. The standard InChI is InChI=1S/C26H48O/c1-3-5-6-7-21-8-10-22(11-9-21)12-13-23-14-16-24(17-15-23)25-18-19-26(4-2)27-20-25/h21-26H,3-20H2,1-2H3. The van der Waals surface area contributed by atoms with Crippen LogP contribution < -0.4 is 0 Å². The van der Waals surface area contributed by atoms with Crippen LogP contribution >= 0.6 is 0 Å². The molecule has 1 heteroatoms. The number of rotatable bonds is 9. The van der Waals surface area contributed by atoms with Crippen LogP contribution in [-0.2, 0) is 4.74 Å². The van der Waals surface area contributed by atoms with Gasteiger partial charge in [0, 0.05) is 0 Å². The van der Waals surface area contributed by atoms with Gasteiger partial charge in [-0.1, -0.05) is 90.9 Å². The Kier molecular flexibility index (Phi) is 9.50. The lowest BCUT2D eigenvalue weighted by molar-refractivity contribution is -0.0400. The second kappa shape index (κ2) is 11.8. The summed E-state index contributed by atoms with van der Waals surface area (Å²) in [5.41, 5.74) is 0. The summed E-state index contributed by atoms with van der Waals surface area (Å²) < 4.78 is 6.09. The maximum absolute atomic E-state index is 6.09. The highest BCUT2D eigenvalue weighted by atomic mass is 16.5. The molecule has 2 unspecified atom stereocenters. The Morgan fingerprint density at radius 2 is 1.15 bits per heavy atom. The Labute approximate surface area is 170 Å². The highest BCUT2D eigenvalue weighted by Crippen LogP contribution is 2.41. The van der Waals surface area contributed by atoms with Crippen LogP contribution in [0.2, 0.25) is 0 Å². The SMILES string of the molecule is CCCCCC1CCC(CCC2CCC(C3CCC(CC)OC3)CC2)CC1. The van der Waals surface area contributed by atoms with Gasteiger partial charge in [-0.3, -0.25) is 0 Å².